The summed E-state index contributed by atoms with van der Waals surface area (Å²) in [5.41, 5.74) is 0.947. The Balaban J connectivity index is 1.58. The third-order valence-electron chi connectivity index (χ3n) is 5.35. The second kappa shape index (κ2) is 8.10. The normalized spacial score (nSPS) is 16.5. The average molecular weight is 421 g/mol. The molecule has 0 unspecified atom stereocenters. The van der Waals surface area contributed by atoms with Crippen molar-refractivity contribution in [3.8, 4) is 5.75 Å². The molecule has 1 fully saturated rings. The number of nitrogens with zero attached hydrogens (tertiary/aromatic N) is 4. The van der Waals surface area contributed by atoms with Crippen LogP contribution in [-0.4, -0.2) is 46.2 Å². The van der Waals surface area contributed by atoms with Crippen molar-refractivity contribution in [3.05, 3.63) is 47.8 Å². The molecule has 7 nitrogen and oxygen atoms in total. The van der Waals surface area contributed by atoms with E-state index >= 15 is 0 Å². The number of alkyl halides is 3. The van der Waals surface area contributed by atoms with E-state index in [1.807, 2.05) is 31.2 Å². The van der Waals surface area contributed by atoms with Crippen molar-refractivity contribution >= 4 is 11.5 Å². The number of ether oxygens (including phenoxy) is 2. The van der Waals surface area contributed by atoms with Crippen LogP contribution in [0.25, 0.3) is 5.65 Å². The number of halogens is 3. The van der Waals surface area contributed by atoms with E-state index in [2.05, 4.69) is 20.6 Å². The van der Waals surface area contributed by atoms with Crippen LogP contribution in [-0.2, 0) is 16.3 Å². The zero-order valence-electron chi connectivity index (χ0n) is 16.4. The average Bonchev–Trinajstić information content (AvgIpc) is 3.17. The van der Waals surface area contributed by atoms with E-state index in [0.29, 0.717) is 32.2 Å². The molecule has 0 atom stereocenters. The second-order valence-corrected chi connectivity index (χ2v) is 7.21. The van der Waals surface area contributed by atoms with Crippen molar-refractivity contribution < 1.29 is 22.6 Å². The Morgan fingerprint density at radius 1 is 1.10 bits per heavy atom. The predicted octanol–water partition coefficient (Wildman–Crippen LogP) is 3.70. The van der Waals surface area contributed by atoms with Crippen LogP contribution in [0.15, 0.2) is 36.4 Å². The molecule has 0 saturated carbocycles. The van der Waals surface area contributed by atoms with E-state index in [-0.39, 0.29) is 11.1 Å². The van der Waals surface area contributed by atoms with Gasteiger partial charge in [-0.05, 0) is 49.6 Å². The molecule has 30 heavy (non-hydrogen) atoms. The van der Waals surface area contributed by atoms with Gasteiger partial charge in [0.2, 0.25) is 0 Å². The first-order valence-corrected chi connectivity index (χ1v) is 9.76. The molecule has 1 aromatic carbocycles. The minimum atomic E-state index is -4.63. The smallest absolute Gasteiger partial charge is 0.453 e. The Morgan fingerprint density at radius 2 is 1.83 bits per heavy atom. The molecule has 0 bridgehead atoms. The number of rotatable bonds is 6. The summed E-state index contributed by atoms with van der Waals surface area (Å²) in [6.07, 6.45) is -3.05. The van der Waals surface area contributed by atoms with E-state index in [4.69, 9.17) is 9.47 Å². The Bertz CT molecular complexity index is 998. The molecule has 0 radical (unpaired) electrons. The third-order valence-corrected chi connectivity index (χ3v) is 5.35. The van der Waals surface area contributed by atoms with Gasteiger partial charge in [0.1, 0.15) is 11.6 Å². The van der Waals surface area contributed by atoms with E-state index in [1.54, 1.807) is 6.07 Å². The van der Waals surface area contributed by atoms with Crippen LogP contribution in [0.3, 0.4) is 0 Å². The lowest BCUT2D eigenvalue weighted by Crippen LogP contribution is -2.40. The summed E-state index contributed by atoms with van der Waals surface area (Å²) in [6, 6.07) is 11.0. The second-order valence-electron chi connectivity index (χ2n) is 7.21. The first-order chi connectivity index (χ1) is 14.4. The van der Waals surface area contributed by atoms with E-state index in [0.717, 1.165) is 28.7 Å². The maximum atomic E-state index is 13.1. The molecule has 10 heteroatoms. The monoisotopic (exact) mass is 421 g/mol. The van der Waals surface area contributed by atoms with Gasteiger partial charge in [-0.1, -0.05) is 12.1 Å². The van der Waals surface area contributed by atoms with Gasteiger partial charge in [-0.2, -0.15) is 17.7 Å². The number of aromatic nitrogens is 4. The summed E-state index contributed by atoms with van der Waals surface area (Å²) in [5, 5.41) is 14.0. The quantitative estimate of drug-likeness (QED) is 0.654. The Kier molecular flexibility index (Phi) is 5.50. The van der Waals surface area contributed by atoms with Crippen LogP contribution in [0.1, 0.15) is 31.2 Å². The number of nitrogens with one attached hydrogen (secondary N) is 1. The molecule has 1 N–H and O–H groups in total. The van der Waals surface area contributed by atoms with E-state index < -0.39 is 12.0 Å². The van der Waals surface area contributed by atoms with Crippen molar-refractivity contribution in [2.75, 3.05) is 31.7 Å². The van der Waals surface area contributed by atoms with Crippen molar-refractivity contribution in [1.82, 2.24) is 19.8 Å². The third kappa shape index (κ3) is 4.04. The summed E-state index contributed by atoms with van der Waals surface area (Å²) >= 11 is 0. The lowest BCUT2D eigenvalue weighted by molar-refractivity contribution is -0.146. The Morgan fingerprint density at radius 3 is 2.50 bits per heavy atom. The summed E-state index contributed by atoms with van der Waals surface area (Å²) in [5.74, 6) is -0.0196. The van der Waals surface area contributed by atoms with Gasteiger partial charge in [0.15, 0.2) is 5.65 Å². The van der Waals surface area contributed by atoms with E-state index in [1.165, 1.54) is 6.07 Å². The topological polar surface area (TPSA) is 73.6 Å². The number of benzene rings is 1. The molecule has 3 heterocycles. The first-order valence-electron chi connectivity index (χ1n) is 9.76. The molecule has 4 rings (SSSR count). The summed E-state index contributed by atoms with van der Waals surface area (Å²) in [6.45, 7) is 4.26. The summed E-state index contributed by atoms with van der Waals surface area (Å²) < 4.78 is 51.2. The molecule has 1 aliphatic heterocycles. The minimum Gasteiger partial charge on any atom is -0.494 e. The van der Waals surface area contributed by atoms with Crippen LogP contribution in [0.2, 0.25) is 0 Å². The van der Waals surface area contributed by atoms with Gasteiger partial charge in [-0.3, -0.25) is 0 Å². The molecule has 2 aromatic heterocycles. The molecule has 160 valence electrons. The summed E-state index contributed by atoms with van der Waals surface area (Å²) in [7, 11) is 0. The van der Waals surface area contributed by atoms with Crippen molar-refractivity contribution in [2.24, 2.45) is 0 Å². The van der Waals surface area contributed by atoms with Gasteiger partial charge in [-0.25, -0.2) is 0 Å². The highest BCUT2D eigenvalue weighted by Crippen LogP contribution is 2.36. The van der Waals surface area contributed by atoms with Crippen molar-refractivity contribution in [2.45, 2.75) is 31.4 Å². The molecular formula is C20H22F3N5O2. The molecule has 1 aliphatic rings. The fourth-order valence-corrected chi connectivity index (χ4v) is 3.72. The van der Waals surface area contributed by atoms with Gasteiger partial charge in [-0.15, -0.1) is 15.3 Å². The largest absolute Gasteiger partial charge is 0.494 e. The number of anilines is 1. The SMILES string of the molecule is CCOc1ccc(C2(CNc3ccc4nnc(C(F)(F)F)n4n3)CCOCC2)cc1. The molecule has 0 aliphatic carbocycles. The fourth-order valence-electron chi connectivity index (χ4n) is 3.72. The lowest BCUT2D eigenvalue weighted by Gasteiger charge is -2.38. The van der Waals surface area contributed by atoms with Crippen molar-refractivity contribution in [3.63, 3.8) is 0 Å². The number of hydrogen-bond acceptors (Lipinski definition) is 6. The van der Waals surface area contributed by atoms with Gasteiger partial charge >= 0.3 is 6.18 Å². The van der Waals surface area contributed by atoms with Gasteiger partial charge in [0.05, 0.1) is 6.61 Å². The molecular weight excluding hydrogens is 399 g/mol. The predicted molar refractivity (Wildman–Crippen MR) is 104 cm³/mol. The minimum absolute atomic E-state index is 0.0418. The molecule has 0 amide bonds. The van der Waals surface area contributed by atoms with Gasteiger partial charge in [0.25, 0.3) is 5.82 Å². The first kappa shape index (κ1) is 20.4. The zero-order valence-corrected chi connectivity index (χ0v) is 16.4. The van der Waals surface area contributed by atoms with Gasteiger partial charge < -0.3 is 14.8 Å². The highest BCUT2D eigenvalue weighted by Gasteiger charge is 2.38. The summed E-state index contributed by atoms with van der Waals surface area (Å²) in [4.78, 5) is 0. The van der Waals surface area contributed by atoms with Gasteiger partial charge in [0, 0.05) is 25.2 Å². The van der Waals surface area contributed by atoms with Crippen LogP contribution in [0.5, 0.6) is 5.75 Å². The highest BCUT2D eigenvalue weighted by atomic mass is 19.4. The Hall–Kier alpha value is -2.88. The van der Waals surface area contributed by atoms with Crippen LogP contribution in [0.4, 0.5) is 19.0 Å². The maximum Gasteiger partial charge on any atom is 0.453 e. The number of hydrogen-bond donors (Lipinski definition) is 1. The highest BCUT2D eigenvalue weighted by molar-refractivity contribution is 5.45. The fraction of sp³-hybridized carbons (Fsp3) is 0.450. The van der Waals surface area contributed by atoms with Crippen LogP contribution in [0, 0.1) is 0 Å². The van der Waals surface area contributed by atoms with Crippen LogP contribution < -0.4 is 10.1 Å². The zero-order chi connectivity index (χ0) is 21.2. The Labute approximate surface area is 171 Å². The standard InChI is InChI=1S/C20H22F3N5O2/c1-2-30-15-5-3-14(4-6-15)19(9-11-29-12-10-19)13-24-16-7-8-17-25-26-18(20(21,22)23)28(17)27-16/h3-8H,2,9-13H2,1H3,(H,24,27). The van der Waals surface area contributed by atoms with Crippen LogP contribution >= 0.6 is 0 Å². The molecule has 3 aromatic rings. The van der Waals surface area contributed by atoms with E-state index in [9.17, 15) is 13.2 Å². The lowest BCUT2D eigenvalue weighted by atomic mass is 9.74. The van der Waals surface area contributed by atoms with Crippen molar-refractivity contribution in [1.29, 1.82) is 0 Å². The molecule has 0 spiro atoms. The molecule has 1 saturated heterocycles. The maximum absolute atomic E-state index is 13.1. The number of fused-ring (bicyclic) bond motifs is 1.